The SMILES string of the molecule is C[C@H]1COc2c1c(Oc1cccc(-c3nn[nH]n3)c1)cc1nc(N)nc(N)c21. The van der Waals surface area contributed by atoms with Crippen LogP contribution in [0.3, 0.4) is 0 Å². The van der Waals surface area contributed by atoms with Gasteiger partial charge in [0.1, 0.15) is 23.1 Å². The van der Waals surface area contributed by atoms with Crippen LogP contribution in [-0.4, -0.2) is 37.2 Å². The molecule has 1 aliphatic rings. The van der Waals surface area contributed by atoms with Crippen molar-refractivity contribution in [2.24, 2.45) is 0 Å². The molecule has 0 amide bonds. The third kappa shape index (κ3) is 2.54. The van der Waals surface area contributed by atoms with E-state index in [9.17, 15) is 0 Å². The summed E-state index contributed by atoms with van der Waals surface area (Å²) in [5.41, 5.74) is 14.1. The lowest BCUT2D eigenvalue weighted by Crippen LogP contribution is -2.02. The van der Waals surface area contributed by atoms with Gasteiger partial charge in [0.15, 0.2) is 0 Å². The number of hydrogen-bond donors (Lipinski definition) is 3. The molecule has 5 N–H and O–H groups in total. The number of nitrogen functional groups attached to an aromatic ring is 2. The number of anilines is 2. The Kier molecular flexibility index (Phi) is 3.51. The lowest BCUT2D eigenvalue weighted by Gasteiger charge is -2.14. The van der Waals surface area contributed by atoms with Crippen LogP contribution in [0.15, 0.2) is 30.3 Å². The molecule has 2 aromatic carbocycles. The van der Waals surface area contributed by atoms with Gasteiger partial charge >= 0.3 is 0 Å². The highest BCUT2D eigenvalue weighted by molar-refractivity contribution is 5.97. The van der Waals surface area contributed by atoms with Gasteiger partial charge in [-0.1, -0.05) is 19.1 Å². The van der Waals surface area contributed by atoms with Crippen molar-refractivity contribution in [3.05, 3.63) is 35.9 Å². The molecular formula is C18H16N8O2. The summed E-state index contributed by atoms with van der Waals surface area (Å²) < 4.78 is 12.1. The largest absolute Gasteiger partial charge is 0.492 e. The van der Waals surface area contributed by atoms with Crippen molar-refractivity contribution in [1.82, 2.24) is 30.6 Å². The maximum atomic E-state index is 6.21. The van der Waals surface area contributed by atoms with Gasteiger partial charge in [-0.15, -0.1) is 10.2 Å². The van der Waals surface area contributed by atoms with E-state index in [0.717, 1.165) is 11.1 Å². The number of aromatic amines is 1. The quantitative estimate of drug-likeness (QED) is 0.489. The number of fused-ring (bicyclic) bond motifs is 3. The van der Waals surface area contributed by atoms with Crippen molar-refractivity contribution in [2.45, 2.75) is 12.8 Å². The lowest BCUT2D eigenvalue weighted by molar-refractivity contribution is 0.340. The summed E-state index contributed by atoms with van der Waals surface area (Å²) in [6, 6.07) is 9.24. The second kappa shape index (κ2) is 6.05. The van der Waals surface area contributed by atoms with Gasteiger partial charge in [-0.3, -0.25) is 0 Å². The van der Waals surface area contributed by atoms with Gasteiger partial charge in [0.05, 0.1) is 17.5 Å². The van der Waals surface area contributed by atoms with E-state index >= 15 is 0 Å². The predicted octanol–water partition coefficient (Wildman–Crippen LogP) is 2.26. The number of aromatic nitrogens is 6. The van der Waals surface area contributed by atoms with Crippen molar-refractivity contribution in [2.75, 3.05) is 18.1 Å². The molecule has 0 spiro atoms. The van der Waals surface area contributed by atoms with Crippen LogP contribution in [0.1, 0.15) is 18.4 Å². The second-order valence-corrected chi connectivity index (χ2v) is 6.56. The van der Waals surface area contributed by atoms with Gasteiger partial charge in [-0.2, -0.15) is 10.2 Å². The van der Waals surface area contributed by atoms with Crippen molar-refractivity contribution in [3.63, 3.8) is 0 Å². The topological polar surface area (TPSA) is 151 Å². The fourth-order valence-corrected chi connectivity index (χ4v) is 3.40. The summed E-state index contributed by atoms with van der Waals surface area (Å²) in [6.07, 6.45) is 0. The number of tetrazole rings is 1. The predicted molar refractivity (Wildman–Crippen MR) is 102 cm³/mol. The number of nitrogens with one attached hydrogen (secondary N) is 1. The maximum absolute atomic E-state index is 6.21. The molecule has 0 fully saturated rings. The van der Waals surface area contributed by atoms with Gasteiger partial charge in [0.2, 0.25) is 11.8 Å². The molecule has 28 heavy (non-hydrogen) atoms. The van der Waals surface area contributed by atoms with E-state index in [4.69, 9.17) is 20.9 Å². The molecular weight excluding hydrogens is 360 g/mol. The van der Waals surface area contributed by atoms with E-state index in [1.54, 1.807) is 0 Å². The summed E-state index contributed by atoms with van der Waals surface area (Å²) in [5, 5.41) is 14.7. The summed E-state index contributed by atoms with van der Waals surface area (Å²) in [5.74, 6) is 2.91. The molecule has 1 aliphatic heterocycles. The molecule has 140 valence electrons. The number of nitrogens with zero attached hydrogens (tertiary/aromatic N) is 5. The summed E-state index contributed by atoms with van der Waals surface area (Å²) in [4.78, 5) is 8.35. The highest BCUT2D eigenvalue weighted by Gasteiger charge is 2.29. The van der Waals surface area contributed by atoms with Crippen LogP contribution >= 0.6 is 0 Å². The fourth-order valence-electron chi connectivity index (χ4n) is 3.40. The third-order valence-corrected chi connectivity index (χ3v) is 4.62. The Bertz CT molecular complexity index is 1190. The van der Waals surface area contributed by atoms with Crippen LogP contribution in [-0.2, 0) is 0 Å². The van der Waals surface area contributed by atoms with Gasteiger partial charge in [0, 0.05) is 23.1 Å². The molecule has 0 saturated carbocycles. The number of H-pyrrole nitrogens is 1. The average molecular weight is 376 g/mol. The van der Waals surface area contributed by atoms with Crippen LogP contribution in [0.5, 0.6) is 17.2 Å². The van der Waals surface area contributed by atoms with E-state index < -0.39 is 0 Å². The first-order valence-electron chi connectivity index (χ1n) is 8.64. The van der Waals surface area contributed by atoms with Crippen LogP contribution in [0.25, 0.3) is 22.3 Å². The van der Waals surface area contributed by atoms with Gasteiger partial charge in [0.25, 0.3) is 0 Å². The van der Waals surface area contributed by atoms with E-state index in [-0.39, 0.29) is 11.9 Å². The molecule has 4 aromatic rings. The first kappa shape index (κ1) is 16.2. The summed E-state index contributed by atoms with van der Waals surface area (Å²) in [6.45, 7) is 2.59. The molecule has 0 radical (unpaired) electrons. The van der Waals surface area contributed by atoms with Crippen LogP contribution in [0.4, 0.5) is 11.8 Å². The monoisotopic (exact) mass is 376 g/mol. The van der Waals surface area contributed by atoms with E-state index in [1.165, 1.54) is 0 Å². The molecule has 3 heterocycles. The maximum Gasteiger partial charge on any atom is 0.222 e. The number of hydrogen-bond acceptors (Lipinski definition) is 9. The third-order valence-electron chi connectivity index (χ3n) is 4.62. The molecule has 0 aliphatic carbocycles. The molecule has 5 rings (SSSR count). The summed E-state index contributed by atoms with van der Waals surface area (Å²) in [7, 11) is 0. The zero-order valence-electron chi connectivity index (χ0n) is 14.9. The Balaban J connectivity index is 1.64. The Morgan fingerprint density at radius 3 is 2.93 bits per heavy atom. The molecule has 10 nitrogen and oxygen atoms in total. The minimum atomic E-state index is 0.0982. The zero-order valence-corrected chi connectivity index (χ0v) is 14.9. The summed E-state index contributed by atoms with van der Waals surface area (Å²) >= 11 is 0. The van der Waals surface area contributed by atoms with Crippen molar-refractivity contribution in [1.29, 1.82) is 0 Å². The Morgan fingerprint density at radius 2 is 2.11 bits per heavy atom. The fraction of sp³-hybridized carbons (Fsp3) is 0.167. The van der Waals surface area contributed by atoms with Crippen molar-refractivity contribution in [3.8, 4) is 28.6 Å². The minimum Gasteiger partial charge on any atom is -0.492 e. The molecule has 10 heteroatoms. The standard InChI is InChI=1S/C18H16N8O2/c1-8-7-27-15-13(8)12(6-11-14(15)16(19)22-18(20)21-11)28-10-4-2-3-9(5-10)17-23-25-26-24-17/h2-6,8H,7H2,1H3,(H4,19,20,21,22)(H,23,24,25,26)/t8-/m0/s1. The Hall–Kier alpha value is -3.95. The average Bonchev–Trinajstić information content (AvgIpc) is 3.32. The first-order chi connectivity index (χ1) is 13.6. The number of nitrogens with two attached hydrogens (primary N) is 2. The molecule has 0 unspecified atom stereocenters. The molecule has 1 atom stereocenters. The van der Waals surface area contributed by atoms with Gasteiger partial charge < -0.3 is 20.9 Å². The van der Waals surface area contributed by atoms with Crippen molar-refractivity contribution < 1.29 is 9.47 Å². The lowest BCUT2D eigenvalue weighted by atomic mass is 9.99. The molecule has 0 saturated heterocycles. The zero-order chi connectivity index (χ0) is 19.3. The van der Waals surface area contributed by atoms with Crippen molar-refractivity contribution >= 4 is 22.7 Å². The first-order valence-corrected chi connectivity index (χ1v) is 8.64. The molecule has 2 aromatic heterocycles. The minimum absolute atomic E-state index is 0.0982. The number of rotatable bonds is 3. The highest BCUT2D eigenvalue weighted by Crippen LogP contribution is 2.48. The number of ether oxygens (including phenoxy) is 2. The smallest absolute Gasteiger partial charge is 0.222 e. The van der Waals surface area contributed by atoms with E-state index in [2.05, 4.69) is 37.5 Å². The highest BCUT2D eigenvalue weighted by atomic mass is 16.5. The van der Waals surface area contributed by atoms with E-state index in [1.807, 2.05) is 30.3 Å². The Morgan fingerprint density at radius 1 is 1.21 bits per heavy atom. The normalized spacial score (nSPS) is 15.4. The Labute approximate surface area is 158 Å². The van der Waals surface area contributed by atoms with Crippen LogP contribution in [0, 0.1) is 0 Å². The number of benzene rings is 2. The molecule has 0 bridgehead atoms. The van der Waals surface area contributed by atoms with Crippen LogP contribution < -0.4 is 20.9 Å². The van der Waals surface area contributed by atoms with Crippen LogP contribution in [0.2, 0.25) is 0 Å². The van der Waals surface area contributed by atoms with E-state index in [0.29, 0.717) is 46.4 Å². The van der Waals surface area contributed by atoms with Gasteiger partial charge in [-0.05, 0) is 17.3 Å². The van der Waals surface area contributed by atoms with Gasteiger partial charge in [-0.25, -0.2) is 4.98 Å². The second-order valence-electron chi connectivity index (χ2n) is 6.56.